The zero-order chi connectivity index (χ0) is 22.5. The number of para-hydroxylation sites is 1. The first kappa shape index (κ1) is 21.6. The first-order valence-electron chi connectivity index (χ1n) is 10.3. The van der Waals surface area contributed by atoms with Crippen molar-refractivity contribution in [1.29, 1.82) is 0 Å². The minimum Gasteiger partial charge on any atom is -0.326 e. The standard InChI is InChI=1S/C25H23N3O3S/c1-17(29)26-19-11-13-20(14-12-19)27-24(30)16-28-21-9-5-6-10-22(21)32-23(15-25(28)31)18-7-3-2-4-8-18/h2-14,23H,15-16H2,1H3,(H,26,29)(H,27,30). The Morgan fingerprint density at radius 1 is 0.906 bits per heavy atom. The number of anilines is 3. The van der Waals surface area contributed by atoms with Crippen molar-refractivity contribution in [2.45, 2.75) is 23.5 Å². The molecule has 0 aliphatic carbocycles. The monoisotopic (exact) mass is 445 g/mol. The van der Waals surface area contributed by atoms with Gasteiger partial charge in [-0.1, -0.05) is 42.5 Å². The Kier molecular flexibility index (Phi) is 6.56. The molecule has 3 aromatic carbocycles. The number of benzene rings is 3. The van der Waals surface area contributed by atoms with E-state index in [-0.39, 0.29) is 29.5 Å². The molecule has 3 amide bonds. The van der Waals surface area contributed by atoms with Crippen molar-refractivity contribution in [1.82, 2.24) is 0 Å². The first-order valence-corrected chi connectivity index (χ1v) is 11.2. The molecule has 7 heteroatoms. The molecule has 1 unspecified atom stereocenters. The third kappa shape index (κ3) is 5.18. The van der Waals surface area contributed by atoms with Gasteiger partial charge in [0.05, 0.1) is 5.69 Å². The van der Waals surface area contributed by atoms with Gasteiger partial charge in [-0.3, -0.25) is 14.4 Å². The van der Waals surface area contributed by atoms with E-state index in [9.17, 15) is 14.4 Å². The van der Waals surface area contributed by atoms with Crippen molar-refractivity contribution in [3.05, 3.63) is 84.4 Å². The Hall–Kier alpha value is -3.58. The third-order valence-corrected chi connectivity index (χ3v) is 6.37. The van der Waals surface area contributed by atoms with Crippen LogP contribution in [0.5, 0.6) is 0 Å². The second kappa shape index (κ2) is 9.70. The van der Waals surface area contributed by atoms with E-state index < -0.39 is 0 Å². The summed E-state index contributed by atoms with van der Waals surface area (Å²) in [4.78, 5) is 39.7. The minimum atomic E-state index is -0.288. The quantitative estimate of drug-likeness (QED) is 0.588. The number of carbonyl (C=O) groups excluding carboxylic acids is 3. The molecule has 0 saturated carbocycles. The Morgan fingerprint density at radius 2 is 1.53 bits per heavy atom. The van der Waals surface area contributed by atoms with E-state index >= 15 is 0 Å². The van der Waals surface area contributed by atoms with Gasteiger partial charge in [0.15, 0.2) is 0 Å². The van der Waals surface area contributed by atoms with E-state index in [1.165, 1.54) is 6.92 Å². The molecule has 1 atom stereocenters. The maximum Gasteiger partial charge on any atom is 0.244 e. The fourth-order valence-electron chi connectivity index (χ4n) is 3.59. The molecule has 0 saturated heterocycles. The highest BCUT2D eigenvalue weighted by molar-refractivity contribution is 7.99. The summed E-state index contributed by atoms with van der Waals surface area (Å²) in [5.41, 5.74) is 3.08. The Bertz CT molecular complexity index is 1130. The van der Waals surface area contributed by atoms with E-state index in [2.05, 4.69) is 10.6 Å². The Balaban J connectivity index is 1.51. The van der Waals surface area contributed by atoms with Crippen LogP contribution in [0.3, 0.4) is 0 Å². The van der Waals surface area contributed by atoms with Crippen molar-refractivity contribution in [2.75, 3.05) is 22.1 Å². The average Bonchev–Trinajstić information content (AvgIpc) is 2.92. The molecule has 1 aliphatic heterocycles. The topological polar surface area (TPSA) is 78.5 Å². The van der Waals surface area contributed by atoms with Gasteiger partial charge in [-0.05, 0) is 42.0 Å². The van der Waals surface area contributed by atoms with Gasteiger partial charge in [0, 0.05) is 34.9 Å². The van der Waals surface area contributed by atoms with Crippen molar-refractivity contribution in [2.24, 2.45) is 0 Å². The summed E-state index contributed by atoms with van der Waals surface area (Å²) < 4.78 is 0. The van der Waals surface area contributed by atoms with E-state index in [1.54, 1.807) is 40.9 Å². The van der Waals surface area contributed by atoms with Gasteiger partial charge in [0.2, 0.25) is 17.7 Å². The maximum absolute atomic E-state index is 13.2. The number of hydrogen-bond donors (Lipinski definition) is 2. The molecule has 0 fully saturated rings. The largest absolute Gasteiger partial charge is 0.326 e. The van der Waals surface area contributed by atoms with Gasteiger partial charge in [-0.15, -0.1) is 11.8 Å². The number of nitrogens with zero attached hydrogens (tertiary/aromatic N) is 1. The summed E-state index contributed by atoms with van der Waals surface area (Å²) in [6, 6.07) is 24.5. The Labute approximate surface area is 191 Å². The summed E-state index contributed by atoms with van der Waals surface area (Å²) in [5.74, 6) is -0.539. The Morgan fingerprint density at radius 3 is 2.22 bits per heavy atom. The zero-order valence-corrected chi connectivity index (χ0v) is 18.4. The molecule has 1 heterocycles. The summed E-state index contributed by atoms with van der Waals surface area (Å²) in [5, 5.41) is 5.50. The molecule has 2 N–H and O–H groups in total. The number of amides is 3. The number of hydrogen-bond acceptors (Lipinski definition) is 4. The molecule has 0 radical (unpaired) electrons. The van der Waals surface area contributed by atoms with Crippen molar-refractivity contribution in [3.63, 3.8) is 0 Å². The molecule has 1 aliphatic rings. The van der Waals surface area contributed by atoms with Gasteiger partial charge in [-0.2, -0.15) is 0 Å². The van der Waals surface area contributed by atoms with Crippen LogP contribution in [0.25, 0.3) is 0 Å². The lowest BCUT2D eigenvalue weighted by atomic mass is 10.1. The molecule has 0 spiro atoms. The number of carbonyl (C=O) groups is 3. The normalized spacial score (nSPS) is 15.5. The lowest BCUT2D eigenvalue weighted by Crippen LogP contribution is -2.38. The summed E-state index contributed by atoms with van der Waals surface area (Å²) in [6.45, 7) is 1.36. The van der Waals surface area contributed by atoms with Crippen LogP contribution in [0.2, 0.25) is 0 Å². The zero-order valence-electron chi connectivity index (χ0n) is 17.6. The first-order chi connectivity index (χ1) is 15.5. The van der Waals surface area contributed by atoms with Crippen LogP contribution in [0, 0.1) is 0 Å². The smallest absolute Gasteiger partial charge is 0.244 e. The predicted molar refractivity (Wildman–Crippen MR) is 128 cm³/mol. The highest BCUT2D eigenvalue weighted by Crippen LogP contribution is 2.45. The molecule has 0 aromatic heterocycles. The van der Waals surface area contributed by atoms with Crippen molar-refractivity contribution >= 4 is 46.5 Å². The second-order valence-electron chi connectivity index (χ2n) is 7.48. The second-order valence-corrected chi connectivity index (χ2v) is 8.72. The SMILES string of the molecule is CC(=O)Nc1ccc(NC(=O)CN2C(=O)CC(c3ccccc3)Sc3ccccc32)cc1. The highest BCUT2D eigenvalue weighted by Gasteiger charge is 2.30. The van der Waals surface area contributed by atoms with E-state index in [4.69, 9.17) is 0 Å². The number of nitrogens with one attached hydrogen (secondary N) is 2. The number of fused-ring (bicyclic) bond motifs is 1. The highest BCUT2D eigenvalue weighted by atomic mass is 32.2. The van der Waals surface area contributed by atoms with Gasteiger partial charge in [-0.25, -0.2) is 0 Å². The molecule has 162 valence electrons. The molecule has 3 aromatic rings. The lowest BCUT2D eigenvalue weighted by molar-refractivity contribution is -0.121. The van der Waals surface area contributed by atoms with Crippen LogP contribution in [0.15, 0.2) is 83.8 Å². The molecule has 32 heavy (non-hydrogen) atoms. The maximum atomic E-state index is 13.2. The van der Waals surface area contributed by atoms with Crippen LogP contribution in [-0.4, -0.2) is 24.3 Å². The fourth-order valence-corrected chi connectivity index (χ4v) is 4.87. The van der Waals surface area contributed by atoms with Crippen LogP contribution in [0.4, 0.5) is 17.1 Å². The van der Waals surface area contributed by atoms with Crippen LogP contribution >= 0.6 is 11.8 Å². The van der Waals surface area contributed by atoms with Crippen LogP contribution in [0.1, 0.15) is 24.2 Å². The molecular weight excluding hydrogens is 422 g/mol. The van der Waals surface area contributed by atoms with Gasteiger partial charge < -0.3 is 15.5 Å². The molecule has 4 rings (SSSR count). The number of thioether (sulfide) groups is 1. The van der Waals surface area contributed by atoms with Crippen LogP contribution < -0.4 is 15.5 Å². The van der Waals surface area contributed by atoms with Gasteiger partial charge in [0.1, 0.15) is 6.54 Å². The van der Waals surface area contributed by atoms with E-state index in [0.29, 0.717) is 17.8 Å². The van der Waals surface area contributed by atoms with Gasteiger partial charge in [0.25, 0.3) is 0 Å². The van der Waals surface area contributed by atoms with Crippen LogP contribution in [-0.2, 0) is 14.4 Å². The lowest BCUT2D eigenvalue weighted by Gasteiger charge is -2.22. The molecule has 6 nitrogen and oxygen atoms in total. The molecular formula is C25H23N3O3S. The van der Waals surface area contributed by atoms with Crippen molar-refractivity contribution < 1.29 is 14.4 Å². The number of rotatable bonds is 5. The fraction of sp³-hybridized carbons (Fsp3) is 0.160. The third-order valence-electron chi connectivity index (χ3n) is 5.05. The minimum absolute atomic E-state index is 0.0146. The summed E-state index contributed by atoms with van der Waals surface area (Å²) in [6.07, 6.45) is 0.308. The summed E-state index contributed by atoms with van der Waals surface area (Å²) >= 11 is 1.65. The van der Waals surface area contributed by atoms with Gasteiger partial charge >= 0.3 is 0 Å². The average molecular weight is 446 g/mol. The van der Waals surface area contributed by atoms with E-state index in [0.717, 1.165) is 16.1 Å². The van der Waals surface area contributed by atoms with Crippen molar-refractivity contribution in [3.8, 4) is 0 Å². The summed E-state index contributed by atoms with van der Waals surface area (Å²) in [7, 11) is 0. The molecule has 0 bridgehead atoms. The van der Waals surface area contributed by atoms with E-state index in [1.807, 2.05) is 54.6 Å². The predicted octanol–water partition coefficient (Wildman–Crippen LogP) is 4.85.